The summed E-state index contributed by atoms with van der Waals surface area (Å²) in [7, 11) is 1.95. The van der Waals surface area contributed by atoms with Crippen LogP contribution in [-0.2, 0) is 18.6 Å². The highest BCUT2D eigenvalue weighted by atomic mass is 32.2. The number of thioether (sulfide) groups is 1. The van der Waals surface area contributed by atoms with Gasteiger partial charge in [-0.05, 0) is 19.2 Å². The monoisotopic (exact) mass is 209 g/mol. The standard InChI is InChI=1S/C10H15N3S/c1-11-4-2-10-12-6-8-7-14-5-3-9(8)13-10/h6,11H,2-5,7H2,1H3. The van der Waals surface area contributed by atoms with Gasteiger partial charge in [0, 0.05) is 36.2 Å². The summed E-state index contributed by atoms with van der Waals surface area (Å²) < 4.78 is 0. The molecule has 0 aliphatic carbocycles. The van der Waals surface area contributed by atoms with E-state index in [9.17, 15) is 0 Å². The van der Waals surface area contributed by atoms with Crippen LogP contribution in [-0.4, -0.2) is 29.3 Å². The van der Waals surface area contributed by atoms with Gasteiger partial charge >= 0.3 is 0 Å². The average molecular weight is 209 g/mol. The lowest BCUT2D eigenvalue weighted by molar-refractivity contribution is 0.744. The molecule has 0 atom stereocenters. The first-order chi connectivity index (χ1) is 6.90. The van der Waals surface area contributed by atoms with E-state index < -0.39 is 0 Å². The molecule has 14 heavy (non-hydrogen) atoms. The molecule has 0 saturated carbocycles. The van der Waals surface area contributed by atoms with Crippen molar-refractivity contribution < 1.29 is 0 Å². The van der Waals surface area contributed by atoms with Crippen LogP contribution in [0.4, 0.5) is 0 Å². The van der Waals surface area contributed by atoms with E-state index in [0.717, 1.165) is 31.0 Å². The molecular formula is C10H15N3S. The second-order valence-electron chi connectivity index (χ2n) is 3.41. The van der Waals surface area contributed by atoms with E-state index in [1.807, 2.05) is 25.0 Å². The topological polar surface area (TPSA) is 37.8 Å². The third kappa shape index (κ3) is 2.25. The van der Waals surface area contributed by atoms with Crippen LogP contribution in [0.2, 0.25) is 0 Å². The van der Waals surface area contributed by atoms with Crippen molar-refractivity contribution in [3.8, 4) is 0 Å². The largest absolute Gasteiger partial charge is 0.319 e. The molecule has 1 aromatic rings. The van der Waals surface area contributed by atoms with E-state index in [1.54, 1.807) is 0 Å². The van der Waals surface area contributed by atoms with Crippen molar-refractivity contribution in [1.82, 2.24) is 15.3 Å². The molecule has 1 N–H and O–H groups in total. The van der Waals surface area contributed by atoms with Crippen LogP contribution in [0.1, 0.15) is 17.1 Å². The zero-order valence-electron chi connectivity index (χ0n) is 8.42. The van der Waals surface area contributed by atoms with Crippen LogP contribution in [0.5, 0.6) is 0 Å². The molecule has 0 unspecified atom stereocenters. The molecule has 1 aliphatic heterocycles. The predicted octanol–water partition coefficient (Wildman–Crippen LogP) is 1.03. The van der Waals surface area contributed by atoms with Crippen molar-refractivity contribution in [3.05, 3.63) is 23.3 Å². The average Bonchev–Trinajstić information content (AvgIpc) is 2.26. The fraction of sp³-hybridized carbons (Fsp3) is 0.600. The Morgan fingerprint density at radius 2 is 2.50 bits per heavy atom. The number of hydrogen-bond donors (Lipinski definition) is 1. The maximum atomic E-state index is 4.59. The van der Waals surface area contributed by atoms with E-state index in [0.29, 0.717) is 0 Å². The van der Waals surface area contributed by atoms with Crippen molar-refractivity contribution in [3.63, 3.8) is 0 Å². The number of nitrogens with zero attached hydrogens (tertiary/aromatic N) is 2. The second kappa shape index (κ2) is 4.75. The molecule has 0 amide bonds. The molecule has 0 radical (unpaired) electrons. The zero-order valence-corrected chi connectivity index (χ0v) is 9.23. The Balaban J connectivity index is 2.12. The molecule has 0 spiro atoms. The Labute approximate surface area is 88.7 Å². The Morgan fingerprint density at radius 3 is 3.36 bits per heavy atom. The summed E-state index contributed by atoms with van der Waals surface area (Å²) >= 11 is 1.97. The maximum Gasteiger partial charge on any atom is 0.129 e. The number of fused-ring (bicyclic) bond motifs is 1. The highest BCUT2D eigenvalue weighted by molar-refractivity contribution is 7.98. The third-order valence-electron chi connectivity index (χ3n) is 2.34. The van der Waals surface area contributed by atoms with Crippen molar-refractivity contribution in [2.45, 2.75) is 18.6 Å². The SMILES string of the molecule is CNCCc1ncc2c(n1)CCSC2. The summed E-state index contributed by atoms with van der Waals surface area (Å²) in [6, 6.07) is 0. The maximum absolute atomic E-state index is 4.59. The number of aromatic nitrogens is 2. The molecule has 1 aromatic heterocycles. The van der Waals surface area contributed by atoms with Crippen LogP contribution in [0.25, 0.3) is 0 Å². The van der Waals surface area contributed by atoms with Crippen molar-refractivity contribution in [1.29, 1.82) is 0 Å². The number of hydrogen-bond acceptors (Lipinski definition) is 4. The van der Waals surface area contributed by atoms with E-state index >= 15 is 0 Å². The fourth-order valence-electron chi connectivity index (χ4n) is 1.53. The van der Waals surface area contributed by atoms with E-state index in [-0.39, 0.29) is 0 Å². The number of likely N-dealkylation sites (N-methyl/N-ethyl adjacent to an activating group) is 1. The Hall–Kier alpha value is -0.610. The van der Waals surface area contributed by atoms with Gasteiger partial charge in [0.1, 0.15) is 5.82 Å². The van der Waals surface area contributed by atoms with E-state index in [1.165, 1.54) is 17.0 Å². The highest BCUT2D eigenvalue weighted by Crippen LogP contribution is 2.22. The van der Waals surface area contributed by atoms with Crippen LogP contribution in [0.15, 0.2) is 6.20 Å². The molecule has 4 heteroatoms. The van der Waals surface area contributed by atoms with Gasteiger partial charge in [-0.3, -0.25) is 0 Å². The lowest BCUT2D eigenvalue weighted by atomic mass is 10.2. The summed E-state index contributed by atoms with van der Waals surface area (Å²) in [5.74, 6) is 3.27. The molecule has 0 aromatic carbocycles. The normalized spacial score (nSPS) is 15.2. The minimum absolute atomic E-state index is 0.928. The molecule has 2 rings (SSSR count). The van der Waals surface area contributed by atoms with Crippen LogP contribution in [0.3, 0.4) is 0 Å². The summed E-state index contributed by atoms with van der Waals surface area (Å²) in [4.78, 5) is 8.95. The molecule has 0 saturated heterocycles. The molecule has 2 heterocycles. The molecule has 0 bridgehead atoms. The highest BCUT2D eigenvalue weighted by Gasteiger charge is 2.11. The minimum atomic E-state index is 0.928. The molecule has 1 aliphatic rings. The first kappa shape index (κ1) is 9.93. The number of nitrogens with one attached hydrogen (secondary N) is 1. The van der Waals surface area contributed by atoms with Crippen molar-refractivity contribution >= 4 is 11.8 Å². The lowest BCUT2D eigenvalue weighted by Gasteiger charge is -2.14. The van der Waals surface area contributed by atoms with E-state index in [2.05, 4.69) is 15.3 Å². The molecular weight excluding hydrogens is 194 g/mol. The van der Waals surface area contributed by atoms with Gasteiger partial charge in [-0.15, -0.1) is 0 Å². The zero-order chi connectivity index (χ0) is 9.80. The fourth-order valence-corrected chi connectivity index (χ4v) is 2.47. The lowest BCUT2D eigenvalue weighted by Crippen LogP contribution is -2.14. The summed E-state index contributed by atoms with van der Waals surface area (Å²) in [5.41, 5.74) is 2.60. The van der Waals surface area contributed by atoms with Crippen LogP contribution >= 0.6 is 11.8 Å². The van der Waals surface area contributed by atoms with Gasteiger partial charge < -0.3 is 5.32 Å². The predicted molar refractivity (Wildman–Crippen MR) is 59.5 cm³/mol. The number of aryl methyl sites for hydroxylation is 1. The summed E-state index contributed by atoms with van der Waals surface area (Å²) in [5, 5.41) is 3.11. The third-order valence-corrected chi connectivity index (χ3v) is 3.35. The van der Waals surface area contributed by atoms with Crippen LogP contribution in [0, 0.1) is 0 Å². The van der Waals surface area contributed by atoms with Gasteiger partial charge in [-0.2, -0.15) is 11.8 Å². The van der Waals surface area contributed by atoms with Gasteiger partial charge in [0.05, 0.1) is 0 Å². The molecule has 76 valence electrons. The van der Waals surface area contributed by atoms with E-state index in [4.69, 9.17) is 0 Å². The second-order valence-corrected chi connectivity index (χ2v) is 4.52. The first-order valence-electron chi connectivity index (χ1n) is 4.96. The first-order valence-corrected chi connectivity index (χ1v) is 6.11. The summed E-state index contributed by atoms with van der Waals surface area (Å²) in [6.07, 6.45) is 4.03. The number of rotatable bonds is 3. The smallest absolute Gasteiger partial charge is 0.129 e. The van der Waals surface area contributed by atoms with Gasteiger partial charge in [-0.25, -0.2) is 9.97 Å². The van der Waals surface area contributed by atoms with Gasteiger partial charge in [-0.1, -0.05) is 0 Å². The van der Waals surface area contributed by atoms with Gasteiger partial charge in [0.2, 0.25) is 0 Å². The van der Waals surface area contributed by atoms with Crippen LogP contribution < -0.4 is 5.32 Å². The van der Waals surface area contributed by atoms with Gasteiger partial charge in [0.25, 0.3) is 0 Å². The molecule has 0 fully saturated rings. The Bertz CT molecular complexity index is 314. The Morgan fingerprint density at radius 1 is 1.57 bits per heavy atom. The van der Waals surface area contributed by atoms with Gasteiger partial charge in [0.15, 0.2) is 0 Å². The summed E-state index contributed by atoms with van der Waals surface area (Å²) in [6.45, 7) is 0.952. The Kier molecular flexibility index (Phi) is 3.37. The molecule has 3 nitrogen and oxygen atoms in total. The van der Waals surface area contributed by atoms with Crippen molar-refractivity contribution in [2.75, 3.05) is 19.3 Å². The van der Waals surface area contributed by atoms with Crippen molar-refractivity contribution in [2.24, 2.45) is 0 Å². The minimum Gasteiger partial charge on any atom is -0.319 e. The quantitative estimate of drug-likeness (QED) is 0.807.